The molecule has 0 aliphatic heterocycles. The molecule has 2 atom stereocenters. The molecule has 13 nitrogen and oxygen atoms in total. The lowest BCUT2D eigenvalue weighted by atomic mass is 9.94. The van der Waals surface area contributed by atoms with E-state index in [1.165, 1.54) is 26.4 Å². The minimum Gasteiger partial charge on any atom is -0.497 e. The van der Waals surface area contributed by atoms with Gasteiger partial charge in [0.05, 0.1) is 42.3 Å². The molecule has 0 N–H and O–H groups in total. The number of fused-ring (bicyclic) bond motifs is 1. The zero-order chi connectivity index (χ0) is 38.6. The maximum atomic E-state index is 11.8. The van der Waals surface area contributed by atoms with Crippen molar-refractivity contribution < 1.29 is 43.1 Å². The van der Waals surface area contributed by atoms with E-state index in [9.17, 15) is 29.8 Å². The first kappa shape index (κ1) is 38.0. The largest absolute Gasteiger partial charge is 0.508 e. The van der Waals surface area contributed by atoms with Crippen LogP contribution in [0.3, 0.4) is 0 Å². The number of benzene rings is 6. The van der Waals surface area contributed by atoms with Crippen molar-refractivity contribution in [1.82, 2.24) is 0 Å². The summed E-state index contributed by atoms with van der Waals surface area (Å²) >= 11 is 0. The molecule has 6 rings (SSSR count). The highest BCUT2D eigenvalue weighted by Crippen LogP contribution is 2.39. The van der Waals surface area contributed by atoms with Crippen molar-refractivity contribution in [3.05, 3.63) is 182 Å². The quantitative estimate of drug-likeness (QED) is 0.0748. The molecule has 54 heavy (non-hydrogen) atoms. The number of carbonyl (C=O) groups is 2. The summed E-state index contributed by atoms with van der Waals surface area (Å²) in [5, 5.41) is 24.9. The van der Waals surface area contributed by atoms with Crippen LogP contribution in [0.25, 0.3) is 21.9 Å². The number of nitrogens with zero attached hydrogens (tertiary/aromatic N) is 2. The third kappa shape index (κ3) is 8.95. The van der Waals surface area contributed by atoms with E-state index in [0.717, 1.165) is 10.9 Å². The lowest BCUT2D eigenvalue weighted by molar-refractivity contribution is -0.386. The molecule has 0 saturated heterocycles. The molecule has 0 aliphatic rings. The zero-order valence-corrected chi connectivity index (χ0v) is 29.3. The van der Waals surface area contributed by atoms with Gasteiger partial charge in [0, 0.05) is 12.1 Å². The van der Waals surface area contributed by atoms with Crippen LogP contribution < -0.4 is 4.74 Å². The van der Waals surface area contributed by atoms with Crippen LogP contribution in [0.5, 0.6) is 5.75 Å². The maximum Gasteiger partial charge on any atom is 0.508 e. The molecule has 13 heteroatoms. The van der Waals surface area contributed by atoms with Gasteiger partial charge in [-0.2, -0.15) is 0 Å². The Morgan fingerprint density at radius 3 is 1.63 bits per heavy atom. The van der Waals surface area contributed by atoms with Gasteiger partial charge in [0.15, 0.2) is 12.2 Å². The van der Waals surface area contributed by atoms with Gasteiger partial charge in [0.2, 0.25) is 0 Å². The van der Waals surface area contributed by atoms with Crippen molar-refractivity contribution in [2.24, 2.45) is 0 Å². The van der Waals surface area contributed by atoms with Crippen molar-refractivity contribution in [2.45, 2.75) is 12.2 Å². The molecule has 0 saturated carbocycles. The summed E-state index contributed by atoms with van der Waals surface area (Å²) in [7, 11) is 3.95. The van der Waals surface area contributed by atoms with Gasteiger partial charge in [0.1, 0.15) is 5.75 Å². The molecule has 6 aromatic rings. The Kier molecular flexibility index (Phi) is 12.5. The standard InChI is InChI=1S/C22H19NO6.C19H15NO5/c1-27-18-11-8-15(9-12-18)17-10-13-19(20(14-17)23(25)26)21(29-22(24)28-2)16-6-4-3-5-7-16;1-24-19(21)25-18(14-8-3-2-4-9-14)17-15-10-6-5-7-13(15)11-12-16(17)20(22)23/h3-14,21H,1-2H3;2-12,18H,1H3. The number of hydrogen-bond donors (Lipinski definition) is 0. The van der Waals surface area contributed by atoms with E-state index in [0.29, 0.717) is 33.4 Å². The Morgan fingerprint density at radius 2 is 1.07 bits per heavy atom. The first-order chi connectivity index (χ1) is 26.1. The van der Waals surface area contributed by atoms with Gasteiger partial charge in [-0.25, -0.2) is 9.59 Å². The number of nitro groups is 2. The highest BCUT2D eigenvalue weighted by Gasteiger charge is 2.30. The van der Waals surface area contributed by atoms with Gasteiger partial charge in [-0.1, -0.05) is 103 Å². The molecule has 0 spiro atoms. The molecule has 0 aromatic heterocycles. The van der Waals surface area contributed by atoms with E-state index >= 15 is 0 Å². The fourth-order valence-corrected chi connectivity index (χ4v) is 5.75. The second-order valence-electron chi connectivity index (χ2n) is 11.5. The lowest BCUT2D eigenvalue weighted by Crippen LogP contribution is -2.14. The first-order valence-corrected chi connectivity index (χ1v) is 16.3. The van der Waals surface area contributed by atoms with Crippen molar-refractivity contribution in [1.29, 1.82) is 0 Å². The van der Waals surface area contributed by atoms with Gasteiger partial charge >= 0.3 is 12.3 Å². The van der Waals surface area contributed by atoms with Crippen LogP contribution in [0.4, 0.5) is 21.0 Å². The molecular formula is C41H34N2O11. The normalized spacial score (nSPS) is 11.5. The molecule has 6 aromatic carbocycles. The SMILES string of the molecule is COC(=O)OC(c1ccccc1)c1c([N+](=O)[O-])ccc2ccccc12.COC(=O)OC(c1ccccc1)c1ccc(-c2ccc(OC)cc2)cc1[N+](=O)[O-]. The highest BCUT2D eigenvalue weighted by atomic mass is 16.7. The summed E-state index contributed by atoms with van der Waals surface area (Å²) in [4.78, 5) is 46.0. The predicted molar refractivity (Wildman–Crippen MR) is 199 cm³/mol. The monoisotopic (exact) mass is 730 g/mol. The number of hydrogen-bond acceptors (Lipinski definition) is 11. The summed E-state index contributed by atoms with van der Waals surface area (Å²) in [6, 6.07) is 40.0. The fourth-order valence-electron chi connectivity index (χ4n) is 5.75. The smallest absolute Gasteiger partial charge is 0.497 e. The van der Waals surface area contributed by atoms with E-state index in [1.807, 2.05) is 30.3 Å². The molecular weight excluding hydrogens is 696 g/mol. The lowest BCUT2D eigenvalue weighted by Gasteiger charge is -2.19. The number of nitro benzene ring substituents is 2. The van der Waals surface area contributed by atoms with Gasteiger partial charge in [-0.05, 0) is 57.3 Å². The summed E-state index contributed by atoms with van der Waals surface area (Å²) in [5.41, 5.74) is 2.97. The summed E-state index contributed by atoms with van der Waals surface area (Å²) in [5.74, 6) is 0.690. The van der Waals surface area contributed by atoms with Crippen molar-refractivity contribution in [2.75, 3.05) is 21.3 Å². The van der Waals surface area contributed by atoms with Crippen LogP contribution in [0.15, 0.2) is 140 Å². The van der Waals surface area contributed by atoms with Crippen LogP contribution in [-0.2, 0) is 18.9 Å². The fraction of sp³-hybridized carbons (Fsp3) is 0.122. The molecule has 0 aliphatic carbocycles. The van der Waals surface area contributed by atoms with Crippen LogP contribution >= 0.6 is 0 Å². The number of carbonyl (C=O) groups excluding carboxylic acids is 2. The Hall–Kier alpha value is -7.28. The predicted octanol–water partition coefficient (Wildman–Crippen LogP) is 9.76. The van der Waals surface area contributed by atoms with Crippen molar-refractivity contribution in [3.8, 4) is 16.9 Å². The Labute approximate surface area is 309 Å². The van der Waals surface area contributed by atoms with Crippen molar-refractivity contribution in [3.63, 3.8) is 0 Å². The third-order valence-electron chi connectivity index (χ3n) is 8.31. The number of rotatable bonds is 10. The van der Waals surface area contributed by atoms with Gasteiger partial charge in [-0.3, -0.25) is 20.2 Å². The number of ether oxygens (including phenoxy) is 5. The van der Waals surface area contributed by atoms with E-state index in [-0.39, 0.29) is 16.9 Å². The zero-order valence-electron chi connectivity index (χ0n) is 29.3. The van der Waals surface area contributed by atoms with Gasteiger partial charge in [0.25, 0.3) is 11.4 Å². The summed E-state index contributed by atoms with van der Waals surface area (Å²) in [6.45, 7) is 0. The molecule has 0 bridgehead atoms. The van der Waals surface area contributed by atoms with E-state index in [2.05, 4.69) is 9.47 Å². The second kappa shape index (κ2) is 17.8. The average Bonchev–Trinajstić information content (AvgIpc) is 3.22. The van der Waals surface area contributed by atoms with Crippen LogP contribution in [0, 0.1) is 20.2 Å². The van der Waals surface area contributed by atoms with Gasteiger partial charge in [-0.15, -0.1) is 0 Å². The van der Waals surface area contributed by atoms with E-state index in [4.69, 9.17) is 14.2 Å². The third-order valence-corrected chi connectivity index (χ3v) is 8.31. The first-order valence-electron chi connectivity index (χ1n) is 16.3. The van der Waals surface area contributed by atoms with E-state index in [1.54, 1.807) is 104 Å². The summed E-state index contributed by atoms with van der Waals surface area (Å²) in [6.07, 6.45) is -3.77. The molecule has 0 radical (unpaired) electrons. The Morgan fingerprint density at radius 1 is 0.556 bits per heavy atom. The Balaban J connectivity index is 0.000000210. The van der Waals surface area contributed by atoms with Gasteiger partial charge < -0.3 is 23.7 Å². The van der Waals surface area contributed by atoms with Crippen LogP contribution in [0.1, 0.15) is 34.5 Å². The molecule has 0 amide bonds. The maximum absolute atomic E-state index is 11.8. The molecule has 2 unspecified atom stereocenters. The molecule has 0 heterocycles. The van der Waals surface area contributed by atoms with Crippen molar-refractivity contribution >= 4 is 34.5 Å². The minimum absolute atomic E-state index is 0.114. The second-order valence-corrected chi connectivity index (χ2v) is 11.5. The average molecular weight is 731 g/mol. The molecule has 274 valence electrons. The topological polar surface area (TPSA) is 167 Å². The minimum atomic E-state index is -0.978. The van der Waals surface area contributed by atoms with E-state index < -0.39 is 34.4 Å². The highest BCUT2D eigenvalue weighted by molar-refractivity contribution is 5.90. The Bertz CT molecular complexity index is 2250. The number of methoxy groups -OCH3 is 3. The van der Waals surface area contributed by atoms with Crippen LogP contribution in [-0.4, -0.2) is 43.5 Å². The van der Waals surface area contributed by atoms with Crippen LogP contribution in [0.2, 0.25) is 0 Å². The molecule has 0 fully saturated rings. The summed E-state index contributed by atoms with van der Waals surface area (Å²) < 4.78 is 25.1.